The van der Waals surface area contributed by atoms with Gasteiger partial charge in [-0.3, -0.25) is 9.59 Å². The van der Waals surface area contributed by atoms with Gasteiger partial charge in [-0.1, -0.05) is 24.3 Å². The fourth-order valence-corrected chi connectivity index (χ4v) is 2.02. The molecule has 0 fully saturated rings. The van der Waals surface area contributed by atoms with Crippen LogP contribution in [0.2, 0.25) is 0 Å². The maximum Gasteiger partial charge on any atom is 0.309 e. The molecule has 4 nitrogen and oxygen atoms in total. The van der Waals surface area contributed by atoms with E-state index < -0.39 is 22.8 Å². The van der Waals surface area contributed by atoms with Crippen LogP contribution in [0.5, 0.6) is 0 Å². The molecule has 0 bridgehead atoms. The molecule has 4 heteroatoms. The van der Waals surface area contributed by atoms with Crippen LogP contribution in [0.4, 0.5) is 0 Å². The molecular formula is C16H22O4. The highest BCUT2D eigenvalue weighted by Gasteiger charge is 2.29. The summed E-state index contributed by atoms with van der Waals surface area (Å²) in [6.07, 6.45) is 0.841. The molecule has 1 aromatic carbocycles. The zero-order valence-electron chi connectivity index (χ0n) is 12.4. The quantitative estimate of drug-likeness (QED) is 0.838. The first-order valence-corrected chi connectivity index (χ1v) is 6.59. The standard InChI is InChI=1S/C16H22O4/c1-15(2,13(17)18)9-11-6-5-7-12(8-11)10-16(3,4)14(19)20/h5-8H,9-10H2,1-4H3,(H,17,18)(H,19,20). The van der Waals surface area contributed by atoms with Gasteiger partial charge in [0.1, 0.15) is 0 Å². The van der Waals surface area contributed by atoms with E-state index in [9.17, 15) is 9.59 Å². The normalized spacial score (nSPS) is 12.2. The second kappa shape index (κ2) is 5.65. The van der Waals surface area contributed by atoms with Crippen LogP contribution in [0, 0.1) is 10.8 Å². The first kappa shape index (κ1) is 16.2. The molecular weight excluding hydrogens is 256 g/mol. The second-order valence-electron chi connectivity index (χ2n) is 6.55. The van der Waals surface area contributed by atoms with Crippen LogP contribution in [0.3, 0.4) is 0 Å². The fourth-order valence-electron chi connectivity index (χ4n) is 2.02. The topological polar surface area (TPSA) is 74.6 Å². The number of aliphatic carboxylic acids is 2. The number of carboxylic acid groups (broad SMARTS) is 2. The Morgan fingerprint density at radius 1 is 0.900 bits per heavy atom. The van der Waals surface area contributed by atoms with Crippen LogP contribution in [0.1, 0.15) is 38.8 Å². The summed E-state index contributed by atoms with van der Waals surface area (Å²) in [5.41, 5.74) is 0.161. The summed E-state index contributed by atoms with van der Waals surface area (Å²) in [5, 5.41) is 18.3. The Morgan fingerprint density at radius 3 is 1.55 bits per heavy atom. The van der Waals surface area contributed by atoms with Gasteiger partial charge in [0.05, 0.1) is 10.8 Å². The maximum absolute atomic E-state index is 11.2. The third-order valence-electron chi connectivity index (χ3n) is 3.44. The van der Waals surface area contributed by atoms with Gasteiger partial charge in [0.2, 0.25) is 0 Å². The van der Waals surface area contributed by atoms with Crippen molar-refractivity contribution in [2.45, 2.75) is 40.5 Å². The summed E-state index contributed by atoms with van der Waals surface area (Å²) in [7, 11) is 0. The smallest absolute Gasteiger partial charge is 0.309 e. The van der Waals surface area contributed by atoms with Crippen LogP contribution in [-0.4, -0.2) is 22.2 Å². The maximum atomic E-state index is 11.2. The lowest BCUT2D eigenvalue weighted by Gasteiger charge is -2.21. The van der Waals surface area contributed by atoms with E-state index in [1.165, 1.54) is 0 Å². The largest absolute Gasteiger partial charge is 0.481 e. The zero-order valence-corrected chi connectivity index (χ0v) is 12.4. The van der Waals surface area contributed by atoms with Crippen molar-refractivity contribution in [2.75, 3.05) is 0 Å². The molecule has 0 aliphatic carbocycles. The van der Waals surface area contributed by atoms with Gasteiger partial charge >= 0.3 is 11.9 Å². The van der Waals surface area contributed by atoms with Crippen molar-refractivity contribution in [3.63, 3.8) is 0 Å². The van der Waals surface area contributed by atoms with E-state index in [-0.39, 0.29) is 0 Å². The Bertz CT molecular complexity index is 472. The first-order valence-electron chi connectivity index (χ1n) is 6.59. The molecule has 0 aliphatic rings. The van der Waals surface area contributed by atoms with Crippen LogP contribution < -0.4 is 0 Å². The molecule has 20 heavy (non-hydrogen) atoms. The predicted molar refractivity (Wildman–Crippen MR) is 76.7 cm³/mol. The summed E-state index contributed by atoms with van der Waals surface area (Å²) in [4.78, 5) is 22.3. The molecule has 110 valence electrons. The lowest BCUT2D eigenvalue weighted by atomic mass is 9.83. The molecule has 0 unspecified atom stereocenters. The minimum atomic E-state index is -0.839. The number of carboxylic acids is 2. The lowest BCUT2D eigenvalue weighted by Crippen LogP contribution is -2.27. The van der Waals surface area contributed by atoms with Crippen LogP contribution >= 0.6 is 0 Å². The molecule has 1 aromatic rings. The third-order valence-corrected chi connectivity index (χ3v) is 3.44. The highest BCUT2D eigenvalue weighted by molar-refractivity contribution is 5.74. The van der Waals surface area contributed by atoms with Crippen molar-refractivity contribution in [1.82, 2.24) is 0 Å². The Balaban J connectivity index is 2.92. The monoisotopic (exact) mass is 278 g/mol. The summed E-state index contributed by atoms with van der Waals surface area (Å²) in [6, 6.07) is 7.50. The SMILES string of the molecule is CC(C)(Cc1cccc(CC(C)(C)C(=O)O)c1)C(=O)O. The number of benzene rings is 1. The minimum absolute atomic E-state index is 0.420. The van der Waals surface area contributed by atoms with E-state index in [4.69, 9.17) is 10.2 Å². The average molecular weight is 278 g/mol. The highest BCUT2D eigenvalue weighted by atomic mass is 16.4. The predicted octanol–water partition coefficient (Wildman–Crippen LogP) is 2.99. The van der Waals surface area contributed by atoms with Gasteiger partial charge in [-0.2, -0.15) is 0 Å². The van der Waals surface area contributed by atoms with Gasteiger partial charge < -0.3 is 10.2 Å². The molecule has 0 saturated carbocycles. The Morgan fingerprint density at radius 2 is 1.25 bits per heavy atom. The van der Waals surface area contributed by atoms with Gasteiger partial charge in [-0.25, -0.2) is 0 Å². The number of hydrogen-bond acceptors (Lipinski definition) is 2. The average Bonchev–Trinajstić information content (AvgIpc) is 2.27. The molecule has 0 spiro atoms. The Labute approximate surface area is 119 Å². The van der Waals surface area contributed by atoms with Gasteiger partial charge in [0.15, 0.2) is 0 Å². The van der Waals surface area contributed by atoms with E-state index in [1.54, 1.807) is 27.7 Å². The van der Waals surface area contributed by atoms with E-state index in [1.807, 2.05) is 24.3 Å². The van der Waals surface area contributed by atoms with Crippen molar-refractivity contribution >= 4 is 11.9 Å². The molecule has 1 rings (SSSR count). The third kappa shape index (κ3) is 4.08. The van der Waals surface area contributed by atoms with Crippen LogP contribution in [0.25, 0.3) is 0 Å². The summed E-state index contributed by atoms with van der Waals surface area (Å²) < 4.78 is 0. The Kier molecular flexibility index (Phi) is 4.58. The highest BCUT2D eigenvalue weighted by Crippen LogP contribution is 2.26. The van der Waals surface area contributed by atoms with Crippen molar-refractivity contribution < 1.29 is 19.8 Å². The van der Waals surface area contributed by atoms with Gasteiger partial charge in [0.25, 0.3) is 0 Å². The van der Waals surface area contributed by atoms with Crippen LogP contribution in [-0.2, 0) is 22.4 Å². The van der Waals surface area contributed by atoms with Gasteiger partial charge in [-0.05, 0) is 51.7 Å². The van der Waals surface area contributed by atoms with Crippen molar-refractivity contribution in [3.05, 3.63) is 35.4 Å². The van der Waals surface area contributed by atoms with Crippen molar-refractivity contribution in [2.24, 2.45) is 10.8 Å². The molecule has 2 N–H and O–H groups in total. The summed E-state index contributed by atoms with van der Waals surface area (Å²) in [6.45, 7) is 6.73. The molecule has 0 atom stereocenters. The molecule has 0 amide bonds. The molecule has 0 saturated heterocycles. The van der Waals surface area contributed by atoms with Crippen molar-refractivity contribution in [1.29, 1.82) is 0 Å². The van der Waals surface area contributed by atoms with E-state index >= 15 is 0 Å². The van der Waals surface area contributed by atoms with E-state index in [0.29, 0.717) is 12.8 Å². The van der Waals surface area contributed by atoms with E-state index in [0.717, 1.165) is 11.1 Å². The minimum Gasteiger partial charge on any atom is -0.481 e. The second-order valence-corrected chi connectivity index (χ2v) is 6.55. The number of hydrogen-bond donors (Lipinski definition) is 2. The summed E-state index contributed by atoms with van der Waals surface area (Å²) in [5.74, 6) is -1.68. The number of carbonyl (C=O) groups is 2. The molecule has 0 aromatic heterocycles. The summed E-state index contributed by atoms with van der Waals surface area (Å²) >= 11 is 0. The molecule has 0 aliphatic heterocycles. The van der Waals surface area contributed by atoms with Gasteiger partial charge in [0, 0.05) is 0 Å². The zero-order chi connectivity index (χ0) is 15.6. The molecule has 0 radical (unpaired) electrons. The molecule has 0 heterocycles. The number of rotatable bonds is 6. The van der Waals surface area contributed by atoms with Crippen LogP contribution in [0.15, 0.2) is 24.3 Å². The van der Waals surface area contributed by atoms with Crippen molar-refractivity contribution in [3.8, 4) is 0 Å². The van der Waals surface area contributed by atoms with E-state index in [2.05, 4.69) is 0 Å². The lowest BCUT2D eigenvalue weighted by molar-refractivity contribution is -0.147. The fraction of sp³-hybridized carbons (Fsp3) is 0.500. The Hall–Kier alpha value is -1.84. The van der Waals surface area contributed by atoms with Gasteiger partial charge in [-0.15, -0.1) is 0 Å². The first-order chi connectivity index (χ1) is 9.04.